The highest BCUT2D eigenvalue weighted by Crippen LogP contribution is 2.36. The second-order valence-electron chi connectivity index (χ2n) is 9.91. The first-order valence-corrected chi connectivity index (χ1v) is 15.6. The van der Waals surface area contributed by atoms with Gasteiger partial charge < -0.3 is 5.32 Å². The summed E-state index contributed by atoms with van der Waals surface area (Å²) >= 11 is 0. The number of benzene rings is 3. The van der Waals surface area contributed by atoms with E-state index in [0.717, 1.165) is 24.8 Å². The van der Waals surface area contributed by atoms with Gasteiger partial charge >= 0.3 is 0 Å². The summed E-state index contributed by atoms with van der Waals surface area (Å²) in [6.45, 7) is 4.56. The minimum Gasteiger partial charge on any atom is -0.322 e. The average Bonchev–Trinajstić information content (AvgIpc) is 3.26. The van der Waals surface area contributed by atoms with Gasteiger partial charge in [0.15, 0.2) is 0 Å². The van der Waals surface area contributed by atoms with Crippen molar-refractivity contribution in [3.05, 3.63) is 83.4 Å². The number of fused-ring (bicyclic) bond motifs is 1. The summed E-state index contributed by atoms with van der Waals surface area (Å²) in [6.07, 6.45) is 3.29. The topological polar surface area (TPSA) is 104 Å². The highest BCUT2D eigenvalue weighted by Gasteiger charge is 2.36. The van der Waals surface area contributed by atoms with Crippen molar-refractivity contribution in [3.63, 3.8) is 0 Å². The minimum absolute atomic E-state index is 0.0194. The first-order valence-electron chi connectivity index (χ1n) is 12.7. The lowest BCUT2D eigenvalue weighted by Crippen LogP contribution is -2.36. The third-order valence-electron chi connectivity index (χ3n) is 7.18. The molecule has 10 heteroatoms. The number of nitrogens with zero attached hydrogens (tertiary/aromatic N) is 2. The molecule has 2 aliphatic rings. The number of piperidine rings is 1. The highest BCUT2D eigenvalue weighted by molar-refractivity contribution is 7.93. The van der Waals surface area contributed by atoms with Crippen molar-refractivity contribution in [3.8, 4) is 0 Å². The van der Waals surface area contributed by atoms with E-state index in [1.165, 1.54) is 38.9 Å². The van der Waals surface area contributed by atoms with E-state index in [1.807, 2.05) is 25.1 Å². The predicted molar refractivity (Wildman–Crippen MR) is 147 cm³/mol. The number of sulfonamides is 2. The van der Waals surface area contributed by atoms with Gasteiger partial charge in [-0.05, 0) is 80.6 Å². The Kier molecular flexibility index (Phi) is 7.06. The minimum atomic E-state index is -3.91. The summed E-state index contributed by atoms with van der Waals surface area (Å²) in [6, 6.07) is 17.9. The van der Waals surface area contributed by atoms with Crippen LogP contribution >= 0.6 is 0 Å². The van der Waals surface area contributed by atoms with Gasteiger partial charge in [0.2, 0.25) is 10.0 Å². The molecular weight excluding hydrogens is 522 g/mol. The molecule has 0 unspecified atom stereocenters. The molecule has 1 N–H and O–H groups in total. The number of hydrogen-bond acceptors (Lipinski definition) is 5. The molecule has 0 radical (unpaired) electrons. The molecule has 0 aliphatic carbocycles. The third-order valence-corrected chi connectivity index (χ3v) is 11.1. The fraction of sp³-hybridized carbons (Fsp3) is 0.321. The number of hydrogen-bond donors (Lipinski definition) is 1. The quantitative estimate of drug-likeness (QED) is 0.482. The molecule has 8 nitrogen and oxygen atoms in total. The van der Waals surface area contributed by atoms with Gasteiger partial charge in [0.1, 0.15) is 0 Å². The zero-order chi connectivity index (χ0) is 27.1. The average molecular weight is 554 g/mol. The fourth-order valence-electron chi connectivity index (χ4n) is 5.22. The Morgan fingerprint density at radius 2 is 1.61 bits per heavy atom. The first kappa shape index (κ1) is 26.4. The van der Waals surface area contributed by atoms with Crippen molar-refractivity contribution < 1.29 is 21.6 Å². The zero-order valence-corrected chi connectivity index (χ0v) is 23.1. The smallest absolute Gasteiger partial charge is 0.264 e. The van der Waals surface area contributed by atoms with E-state index in [-0.39, 0.29) is 21.4 Å². The van der Waals surface area contributed by atoms with Crippen molar-refractivity contribution in [1.29, 1.82) is 0 Å². The second kappa shape index (κ2) is 10.2. The summed E-state index contributed by atoms with van der Waals surface area (Å²) in [5.74, 6) is -0.526. The van der Waals surface area contributed by atoms with Crippen LogP contribution in [0.3, 0.4) is 0 Å². The van der Waals surface area contributed by atoms with Gasteiger partial charge in [0.25, 0.3) is 15.9 Å². The lowest BCUT2D eigenvalue weighted by molar-refractivity contribution is 0.102. The van der Waals surface area contributed by atoms with Gasteiger partial charge in [0.05, 0.1) is 15.5 Å². The van der Waals surface area contributed by atoms with Crippen LogP contribution in [0, 0.1) is 6.92 Å². The van der Waals surface area contributed by atoms with Gasteiger partial charge in [-0.3, -0.25) is 9.10 Å². The maximum absolute atomic E-state index is 13.6. The Labute approximate surface area is 224 Å². The molecule has 0 bridgehead atoms. The van der Waals surface area contributed by atoms with E-state index < -0.39 is 26.0 Å². The molecule has 1 saturated heterocycles. The molecule has 2 aliphatic heterocycles. The van der Waals surface area contributed by atoms with Crippen LogP contribution in [-0.4, -0.2) is 46.2 Å². The number of carbonyl (C=O) groups excluding carboxylic acids is 1. The van der Waals surface area contributed by atoms with Crippen LogP contribution in [-0.2, 0) is 26.5 Å². The van der Waals surface area contributed by atoms with Crippen LogP contribution in [0.1, 0.15) is 47.7 Å². The van der Waals surface area contributed by atoms with E-state index in [9.17, 15) is 21.6 Å². The number of para-hydroxylation sites is 1. The number of nitrogens with one attached hydrogen (secondary N) is 1. The fourth-order valence-corrected chi connectivity index (χ4v) is 8.72. The molecular formula is C28H31N3O5S2. The number of amides is 1. The molecule has 1 amide bonds. The Balaban J connectivity index is 1.40. The van der Waals surface area contributed by atoms with Crippen LogP contribution in [0.5, 0.6) is 0 Å². The maximum Gasteiger partial charge on any atom is 0.264 e. The number of aryl methyl sites for hydroxylation is 1. The lowest BCUT2D eigenvalue weighted by atomic mass is 10.1. The van der Waals surface area contributed by atoms with Crippen LogP contribution < -0.4 is 9.62 Å². The molecule has 1 atom stereocenters. The standard InChI is InChI=1S/C28H31N3O5S2/c1-20-13-14-24(19-27(20)38(35,36)30-15-6-3-7-16-30)29-28(32)23-10-8-11-25(18-23)37(33,34)31-21(2)17-22-9-4-5-12-26(22)31/h4-5,8-14,18-19,21H,3,6-7,15-17H2,1-2H3,(H,29,32)/t21-/m0/s1. The molecule has 0 saturated carbocycles. The molecule has 5 rings (SSSR count). The molecule has 1 fully saturated rings. The summed E-state index contributed by atoms with van der Waals surface area (Å²) in [5, 5.41) is 2.74. The van der Waals surface area contributed by atoms with Crippen LogP contribution in [0.25, 0.3) is 0 Å². The monoisotopic (exact) mass is 553 g/mol. The van der Waals surface area contributed by atoms with E-state index >= 15 is 0 Å². The van der Waals surface area contributed by atoms with E-state index in [0.29, 0.717) is 36.4 Å². The molecule has 38 heavy (non-hydrogen) atoms. The largest absolute Gasteiger partial charge is 0.322 e. The van der Waals surface area contributed by atoms with Crippen molar-refractivity contribution >= 4 is 37.3 Å². The van der Waals surface area contributed by atoms with Gasteiger partial charge in [-0.1, -0.05) is 36.8 Å². The molecule has 0 aromatic heterocycles. The third kappa shape index (κ3) is 4.83. The molecule has 200 valence electrons. The summed E-state index contributed by atoms with van der Waals surface area (Å²) in [7, 11) is -7.59. The van der Waals surface area contributed by atoms with Gasteiger partial charge in [-0.25, -0.2) is 16.8 Å². The van der Waals surface area contributed by atoms with Crippen LogP contribution in [0.15, 0.2) is 76.5 Å². The SMILES string of the molecule is Cc1ccc(NC(=O)c2cccc(S(=O)(=O)N3c4ccccc4C[C@@H]3C)c2)cc1S(=O)(=O)N1CCCCC1. The van der Waals surface area contributed by atoms with Crippen LogP contribution in [0.2, 0.25) is 0 Å². The normalized spacial score (nSPS) is 18.3. The predicted octanol–water partition coefficient (Wildman–Crippen LogP) is 4.56. The molecule has 0 spiro atoms. The van der Waals surface area contributed by atoms with E-state index in [4.69, 9.17) is 0 Å². The number of anilines is 2. The number of rotatable bonds is 6. The van der Waals surface area contributed by atoms with Gasteiger partial charge in [0, 0.05) is 30.4 Å². The van der Waals surface area contributed by atoms with Crippen molar-refractivity contribution in [2.75, 3.05) is 22.7 Å². The van der Waals surface area contributed by atoms with Crippen LogP contribution in [0.4, 0.5) is 11.4 Å². The highest BCUT2D eigenvalue weighted by atomic mass is 32.2. The van der Waals surface area contributed by atoms with Gasteiger partial charge in [-0.15, -0.1) is 0 Å². The summed E-state index contributed by atoms with van der Waals surface area (Å²) in [4.78, 5) is 13.3. The molecule has 3 aromatic rings. The van der Waals surface area contributed by atoms with Crippen molar-refractivity contribution in [1.82, 2.24) is 4.31 Å². The molecule has 2 heterocycles. The maximum atomic E-state index is 13.6. The van der Waals surface area contributed by atoms with Gasteiger partial charge in [-0.2, -0.15) is 4.31 Å². The van der Waals surface area contributed by atoms with Crippen molar-refractivity contribution in [2.24, 2.45) is 0 Å². The summed E-state index contributed by atoms with van der Waals surface area (Å²) < 4.78 is 56.6. The Morgan fingerprint density at radius 1 is 0.868 bits per heavy atom. The number of carbonyl (C=O) groups is 1. The first-order chi connectivity index (χ1) is 18.1. The lowest BCUT2D eigenvalue weighted by Gasteiger charge is -2.26. The zero-order valence-electron chi connectivity index (χ0n) is 21.4. The van der Waals surface area contributed by atoms with E-state index in [1.54, 1.807) is 25.1 Å². The molecule has 3 aromatic carbocycles. The Morgan fingerprint density at radius 3 is 2.37 bits per heavy atom. The Hall–Kier alpha value is -3.21. The van der Waals surface area contributed by atoms with Crippen molar-refractivity contribution in [2.45, 2.75) is 55.4 Å². The van der Waals surface area contributed by atoms with E-state index in [2.05, 4.69) is 5.32 Å². The Bertz CT molecular complexity index is 1600. The second-order valence-corrected chi connectivity index (χ2v) is 13.6. The summed E-state index contributed by atoms with van der Waals surface area (Å²) in [5.41, 5.74) is 2.70.